The van der Waals surface area contributed by atoms with Crippen LogP contribution in [0.15, 0.2) is 24.5 Å². The molecule has 124 valence electrons. The van der Waals surface area contributed by atoms with Crippen LogP contribution in [0.1, 0.15) is 96.8 Å². The van der Waals surface area contributed by atoms with E-state index in [9.17, 15) is 0 Å². The van der Waals surface area contributed by atoms with Gasteiger partial charge in [0.25, 0.3) is 0 Å². The van der Waals surface area contributed by atoms with Gasteiger partial charge in [-0.1, -0.05) is 77.0 Å². The Kier molecular flexibility index (Phi) is 16.7. The molecule has 21 heavy (non-hydrogen) atoms. The predicted octanol–water partition coefficient (Wildman–Crippen LogP) is 7.18. The van der Waals surface area contributed by atoms with Crippen LogP contribution in [0.25, 0.3) is 0 Å². The Bertz CT molecular complexity index is 242. The van der Waals surface area contributed by atoms with E-state index in [0.717, 1.165) is 12.2 Å². The molecular formula is C20H38O. The fourth-order valence-electron chi connectivity index (χ4n) is 2.49. The number of hydrogen-bond acceptors (Lipinski definition) is 1. The minimum Gasteiger partial charge on any atom is -0.502 e. The van der Waals surface area contributed by atoms with Crippen molar-refractivity contribution in [3.8, 4) is 0 Å². The molecule has 0 bridgehead atoms. The molecule has 1 nitrogen and oxygen atoms in total. The molecule has 0 rings (SSSR count). The Labute approximate surface area is 133 Å². The Morgan fingerprint density at radius 3 is 1.76 bits per heavy atom. The van der Waals surface area contributed by atoms with Gasteiger partial charge in [0.15, 0.2) is 0 Å². The van der Waals surface area contributed by atoms with Gasteiger partial charge in [-0.05, 0) is 32.1 Å². The van der Waals surface area contributed by atoms with Crippen molar-refractivity contribution in [3.05, 3.63) is 24.5 Å². The third-order valence-corrected chi connectivity index (χ3v) is 4.01. The second kappa shape index (κ2) is 17.3. The molecule has 0 fully saturated rings. The van der Waals surface area contributed by atoms with E-state index in [2.05, 4.69) is 25.7 Å². The van der Waals surface area contributed by atoms with Gasteiger partial charge in [-0.25, -0.2) is 0 Å². The summed E-state index contributed by atoms with van der Waals surface area (Å²) in [5.74, 6) is 0.924. The van der Waals surface area contributed by atoms with Gasteiger partial charge < -0.3 is 4.74 Å². The molecule has 0 aliphatic rings. The lowest BCUT2D eigenvalue weighted by atomic mass is 10.1. The first kappa shape index (κ1) is 20.3. The van der Waals surface area contributed by atoms with Crippen LogP contribution >= 0.6 is 0 Å². The molecule has 0 unspecified atom stereocenters. The van der Waals surface area contributed by atoms with Crippen molar-refractivity contribution in [3.63, 3.8) is 0 Å². The Morgan fingerprint density at radius 2 is 1.24 bits per heavy atom. The molecule has 0 saturated heterocycles. The predicted molar refractivity (Wildman–Crippen MR) is 95.6 cm³/mol. The molecule has 0 aliphatic carbocycles. The molecule has 0 N–H and O–H groups in total. The van der Waals surface area contributed by atoms with Crippen LogP contribution in [0.4, 0.5) is 0 Å². The lowest BCUT2D eigenvalue weighted by Crippen LogP contribution is -1.85. The first-order valence-corrected chi connectivity index (χ1v) is 9.18. The summed E-state index contributed by atoms with van der Waals surface area (Å²) in [7, 11) is 1.71. The van der Waals surface area contributed by atoms with Gasteiger partial charge in [0, 0.05) is 6.42 Å². The summed E-state index contributed by atoms with van der Waals surface area (Å²) in [6.07, 6.45) is 23.3. The molecule has 0 saturated carbocycles. The Hall–Kier alpha value is -0.720. The maximum atomic E-state index is 5.07. The van der Waals surface area contributed by atoms with E-state index in [0.29, 0.717) is 0 Å². The van der Waals surface area contributed by atoms with Gasteiger partial charge in [-0.15, -0.1) is 0 Å². The first-order valence-electron chi connectivity index (χ1n) is 9.18. The summed E-state index contributed by atoms with van der Waals surface area (Å²) in [5.41, 5.74) is 0. The topological polar surface area (TPSA) is 9.23 Å². The largest absolute Gasteiger partial charge is 0.502 e. The lowest BCUT2D eigenvalue weighted by molar-refractivity contribution is 0.276. The summed E-state index contributed by atoms with van der Waals surface area (Å²) >= 11 is 0. The number of unbranched alkanes of at least 4 members (excludes halogenated alkanes) is 11. The molecule has 0 aromatic rings. The smallest absolute Gasteiger partial charge is 0.0883 e. The van der Waals surface area contributed by atoms with E-state index < -0.39 is 0 Å². The van der Waals surface area contributed by atoms with E-state index >= 15 is 0 Å². The van der Waals surface area contributed by atoms with Crippen LogP contribution < -0.4 is 0 Å². The average Bonchev–Trinajstić information content (AvgIpc) is 2.50. The van der Waals surface area contributed by atoms with Crippen molar-refractivity contribution in [1.82, 2.24) is 0 Å². The molecular weight excluding hydrogens is 256 g/mol. The van der Waals surface area contributed by atoms with E-state index in [1.165, 1.54) is 83.5 Å². The maximum absolute atomic E-state index is 5.07. The van der Waals surface area contributed by atoms with Crippen molar-refractivity contribution in [2.24, 2.45) is 0 Å². The fourth-order valence-corrected chi connectivity index (χ4v) is 2.49. The zero-order valence-electron chi connectivity index (χ0n) is 14.7. The highest BCUT2D eigenvalue weighted by Gasteiger charge is 1.93. The highest BCUT2D eigenvalue weighted by molar-refractivity contribution is 4.82. The van der Waals surface area contributed by atoms with Crippen LogP contribution in [0.3, 0.4) is 0 Å². The zero-order valence-corrected chi connectivity index (χ0v) is 14.7. The van der Waals surface area contributed by atoms with Crippen LogP contribution in [-0.2, 0) is 4.74 Å². The Morgan fingerprint density at radius 1 is 0.762 bits per heavy atom. The maximum Gasteiger partial charge on any atom is 0.0883 e. The van der Waals surface area contributed by atoms with Crippen molar-refractivity contribution >= 4 is 0 Å². The molecule has 0 spiro atoms. The van der Waals surface area contributed by atoms with Gasteiger partial charge >= 0.3 is 0 Å². The molecule has 0 aromatic heterocycles. The van der Waals surface area contributed by atoms with Gasteiger partial charge in [0.2, 0.25) is 0 Å². The van der Waals surface area contributed by atoms with E-state index in [4.69, 9.17) is 4.74 Å². The van der Waals surface area contributed by atoms with Crippen LogP contribution in [0.2, 0.25) is 0 Å². The van der Waals surface area contributed by atoms with Crippen molar-refractivity contribution in [2.75, 3.05) is 7.11 Å². The van der Waals surface area contributed by atoms with Crippen molar-refractivity contribution < 1.29 is 4.74 Å². The number of hydrogen-bond donors (Lipinski definition) is 0. The van der Waals surface area contributed by atoms with E-state index in [1.54, 1.807) is 7.11 Å². The van der Waals surface area contributed by atoms with Gasteiger partial charge in [0.1, 0.15) is 0 Å². The minimum atomic E-state index is 0.924. The number of allylic oxidation sites excluding steroid dienone is 3. The van der Waals surface area contributed by atoms with Crippen LogP contribution in [0.5, 0.6) is 0 Å². The third-order valence-electron chi connectivity index (χ3n) is 4.01. The van der Waals surface area contributed by atoms with E-state index in [-0.39, 0.29) is 0 Å². The summed E-state index contributed by atoms with van der Waals surface area (Å²) in [6.45, 7) is 6.12. The quantitative estimate of drug-likeness (QED) is 0.166. The lowest BCUT2D eigenvalue weighted by Gasteiger charge is -2.03. The van der Waals surface area contributed by atoms with E-state index in [1.807, 2.05) is 0 Å². The Balaban J connectivity index is 3.10. The summed E-state index contributed by atoms with van der Waals surface area (Å²) in [5, 5.41) is 0. The van der Waals surface area contributed by atoms with Gasteiger partial charge in [-0.2, -0.15) is 0 Å². The molecule has 0 aliphatic heterocycles. The van der Waals surface area contributed by atoms with Crippen molar-refractivity contribution in [1.29, 1.82) is 0 Å². The number of ether oxygens (including phenoxy) is 1. The monoisotopic (exact) mass is 294 g/mol. The van der Waals surface area contributed by atoms with Crippen molar-refractivity contribution in [2.45, 2.75) is 96.8 Å². The molecule has 0 amide bonds. The molecule has 0 aromatic carbocycles. The third kappa shape index (κ3) is 17.2. The highest BCUT2D eigenvalue weighted by Crippen LogP contribution is 2.11. The molecule has 0 radical (unpaired) electrons. The minimum absolute atomic E-state index is 0.924. The fraction of sp³-hybridized carbons (Fsp3) is 0.800. The molecule has 0 heterocycles. The SMILES string of the molecule is C=C(CCCCCCC/C=C\CCCCCCCC)OC. The first-order chi connectivity index (χ1) is 10.3. The molecule has 1 heteroatoms. The second-order valence-electron chi connectivity index (χ2n) is 6.08. The van der Waals surface area contributed by atoms with Gasteiger partial charge in [0.05, 0.1) is 12.9 Å². The zero-order chi connectivity index (χ0) is 15.6. The summed E-state index contributed by atoms with van der Waals surface area (Å²) < 4.78 is 5.07. The second-order valence-corrected chi connectivity index (χ2v) is 6.08. The average molecular weight is 295 g/mol. The number of methoxy groups -OCH3 is 1. The van der Waals surface area contributed by atoms with Gasteiger partial charge in [-0.3, -0.25) is 0 Å². The molecule has 0 atom stereocenters. The standard InChI is InChI=1S/C20H38O/c1-4-5-6-7-8-9-10-11-12-13-14-15-16-17-18-19-20(2)21-3/h11-12H,2,4-10,13-19H2,1,3H3/b12-11-. The summed E-state index contributed by atoms with van der Waals surface area (Å²) in [6, 6.07) is 0. The number of rotatable bonds is 16. The summed E-state index contributed by atoms with van der Waals surface area (Å²) in [4.78, 5) is 0. The van der Waals surface area contributed by atoms with Crippen LogP contribution in [-0.4, -0.2) is 7.11 Å². The normalized spacial score (nSPS) is 11.1. The van der Waals surface area contributed by atoms with Crippen LogP contribution in [0, 0.1) is 0 Å². The highest BCUT2D eigenvalue weighted by atomic mass is 16.5.